The fourth-order valence-electron chi connectivity index (χ4n) is 5.36. The van der Waals surface area contributed by atoms with Crippen molar-refractivity contribution in [2.75, 3.05) is 25.5 Å². The van der Waals surface area contributed by atoms with Crippen molar-refractivity contribution in [3.05, 3.63) is 147 Å². The number of aromatic hydroxyl groups is 1. The van der Waals surface area contributed by atoms with E-state index in [1.165, 1.54) is 29.8 Å². The molecule has 5 aromatic carbocycles. The van der Waals surface area contributed by atoms with Gasteiger partial charge < -0.3 is 30.6 Å². The molecule has 0 unspecified atom stereocenters. The van der Waals surface area contributed by atoms with Gasteiger partial charge in [0.05, 0.1) is 23.8 Å². The molecule has 0 spiro atoms. The van der Waals surface area contributed by atoms with Gasteiger partial charge in [-0.1, -0.05) is 71.7 Å². The van der Waals surface area contributed by atoms with Crippen molar-refractivity contribution in [1.82, 2.24) is 10.3 Å². The van der Waals surface area contributed by atoms with Crippen LogP contribution in [0.15, 0.2) is 125 Å². The van der Waals surface area contributed by atoms with E-state index in [1.54, 1.807) is 19.2 Å². The number of pyridine rings is 1. The van der Waals surface area contributed by atoms with E-state index in [0.29, 0.717) is 29.6 Å². The molecule has 13 heteroatoms. The summed E-state index contributed by atoms with van der Waals surface area (Å²) in [4.78, 5) is 13.9. The number of aliphatic hydroxyl groups is 1. The summed E-state index contributed by atoms with van der Waals surface area (Å²) in [7, 11) is -2.59. The standard InChI is InChI=1S/C32H31N3O4.C6H4Cl2O3S/c1-39-30-15-11-24(19-27(30)22-5-3-2-4-6-22)34-23-9-7-21(8-10-23)17-18-33-20-29(37)25-12-14-28(36)32-26(25)13-16-31(38)35-32;7-4-1-2-5(8)6(3-4)12(9,10)11/h2-16,19,29,33-34,36-37H,17-18,20H2,1H3,(H,35,38);1-3H,(H,9,10,11)/t29-;/m0./s1. The molecule has 0 radical (unpaired) electrons. The Labute approximate surface area is 305 Å². The Morgan fingerprint density at radius 2 is 1.59 bits per heavy atom. The molecule has 1 atom stereocenters. The normalized spacial score (nSPS) is 11.8. The van der Waals surface area contributed by atoms with Gasteiger partial charge in [0, 0.05) is 40.0 Å². The molecule has 51 heavy (non-hydrogen) atoms. The van der Waals surface area contributed by atoms with Crippen molar-refractivity contribution >= 4 is 55.6 Å². The monoisotopic (exact) mass is 747 g/mol. The molecule has 0 aliphatic heterocycles. The molecule has 0 saturated carbocycles. The fraction of sp³-hybridized carbons (Fsp3) is 0.132. The first-order valence-electron chi connectivity index (χ1n) is 15.7. The molecule has 0 aliphatic rings. The first kappa shape index (κ1) is 37.4. The number of phenolic OH excluding ortho intramolecular Hbond substituents is 1. The first-order chi connectivity index (χ1) is 24.4. The van der Waals surface area contributed by atoms with Crippen LogP contribution >= 0.6 is 23.2 Å². The number of fused-ring (bicyclic) bond motifs is 1. The van der Waals surface area contributed by atoms with E-state index >= 15 is 0 Å². The maximum atomic E-state index is 11.6. The van der Waals surface area contributed by atoms with Crippen molar-refractivity contribution in [3.63, 3.8) is 0 Å². The number of benzene rings is 5. The van der Waals surface area contributed by atoms with Crippen LogP contribution in [0.1, 0.15) is 17.2 Å². The third-order valence-electron chi connectivity index (χ3n) is 7.89. The average Bonchev–Trinajstić information content (AvgIpc) is 3.12. The SMILES string of the molecule is COc1ccc(Nc2ccc(CCNC[C@H](O)c3ccc(O)c4[nH]c(=O)ccc34)cc2)cc1-c1ccccc1.O=S(=O)(O)c1cc(Cl)ccc1Cl. The van der Waals surface area contributed by atoms with Crippen LogP contribution in [0, 0.1) is 0 Å². The van der Waals surface area contributed by atoms with Gasteiger partial charge in [0.1, 0.15) is 16.4 Å². The highest BCUT2D eigenvalue weighted by molar-refractivity contribution is 7.86. The minimum Gasteiger partial charge on any atom is -0.506 e. The molecule has 6 N–H and O–H groups in total. The van der Waals surface area contributed by atoms with E-state index < -0.39 is 16.2 Å². The van der Waals surface area contributed by atoms with Crippen LogP contribution in [-0.4, -0.2) is 48.4 Å². The van der Waals surface area contributed by atoms with Crippen LogP contribution < -0.4 is 20.9 Å². The van der Waals surface area contributed by atoms with Crippen molar-refractivity contribution in [3.8, 4) is 22.6 Å². The average molecular weight is 749 g/mol. The Balaban J connectivity index is 0.000000357. The van der Waals surface area contributed by atoms with Crippen LogP contribution in [0.2, 0.25) is 10.0 Å². The van der Waals surface area contributed by atoms with Crippen molar-refractivity contribution in [2.45, 2.75) is 17.4 Å². The first-order valence-corrected chi connectivity index (χ1v) is 17.9. The lowest BCUT2D eigenvalue weighted by Gasteiger charge is -2.15. The number of H-pyrrole nitrogens is 1. The Bertz CT molecular complexity index is 2280. The highest BCUT2D eigenvalue weighted by Crippen LogP contribution is 2.34. The highest BCUT2D eigenvalue weighted by Gasteiger charge is 2.15. The Morgan fingerprint density at radius 3 is 2.27 bits per heavy atom. The molecule has 10 nitrogen and oxygen atoms in total. The number of hydrogen-bond acceptors (Lipinski definition) is 8. The molecule has 0 bridgehead atoms. The van der Waals surface area contributed by atoms with Gasteiger partial charge in [0.15, 0.2) is 0 Å². The second kappa shape index (κ2) is 16.9. The molecular formula is C38H35Cl2N3O7S. The van der Waals surface area contributed by atoms with Gasteiger partial charge in [-0.2, -0.15) is 8.42 Å². The second-order valence-corrected chi connectivity index (χ2v) is 13.6. The Hall–Kier alpha value is -4.88. The zero-order valence-corrected chi connectivity index (χ0v) is 29.6. The quantitative estimate of drug-likeness (QED) is 0.0575. The maximum Gasteiger partial charge on any atom is 0.296 e. The predicted molar refractivity (Wildman–Crippen MR) is 202 cm³/mol. The van der Waals surface area contributed by atoms with E-state index in [1.807, 2.05) is 30.3 Å². The van der Waals surface area contributed by atoms with Crippen LogP contribution in [0.5, 0.6) is 11.5 Å². The number of halogens is 2. The molecule has 0 amide bonds. The minimum atomic E-state index is -4.27. The predicted octanol–water partition coefficient (Wildman–Crippen LogP) is 7.76. The lowest BCUT2D eigenvalue weighted by molar-refractivity contribution is 0.176. The van der Waals surface area contributed by atoms with Gasteiger partial charge in [-0.15, -0.1) is 0 Å². The number of phenols is 1. The van der Waals surface area contributed by atoms with Gasteiger partial charge in [-0.3, -0.25) is 9.35 Å². The number of ether oxygens (including phenoxy) is 1. The zero-order valence-electron chi connectivity index (χ0n) is 27.3. The van der Waals surface area contributed by atoms with Crippen molar-refractivity contribution < 1.29 is 27.9 Å². The number of aromatic amines is 1. The van der Waals surface area contributed by atoms with Crippen LogP contribution in [0.3, 0.4) is 0 Å². The fourth-order valence-corrected chi connectivity index (χ4v) is 6.59. The Morgan fingerprint density at radius 1 is 0.863 bits per heavy atom. The highest BCUT2D eigenvalue weighted by atomic mass is 35.5. The molecule has 264 valence electrons. The smallest absolute Gasteiger partial charge is 0.296 e. The van der Waals surface area contributed by atoms with Gasteiger partial charge in [-0.05, 0) is 90.3 Å². The lowest BCUT2D eigenvalue weighted by Crippen LogP contribution is -2.24. The summed E-state index contributed by atoms with van der Waals surface area (Å²) in [6.07, 6.45) is 0.0213. The summed E-state index contributed by atoms with van der Waals surface area (Å²) >= 11 is 11.0. The summed E-state index contributed by atoms with van der Waals surface area (Å²) in [5.41, 5.74) is 5.95. The molecule has 0 aliphatic carbocycles. The number of nitrogens with one attached hydrogen (secondary N) is 3. The lowest BCUT2D eigenvalue weighted by atomic mass is 10.0. The van der Waals surface area contributed by atoms with E-state index in [2.05, 4.69) is 58.1 Å². The van der Waals surface area contributed by atoms with E-state index in [0.717, 1.165) is 40.7 Å². The third kappa shape index (κ3) is 9.89. The third-order valence-corrected chi connectivity index (χ3v) is 9.46. The largest absolute Gasteiger partial charge is 0.506 e. The number of hydrogen-bond donors (Lipinski definition) is 6. The Kier molecular flexibility index (Phi) is 12.4. The maximum absolute atomic E-state index is 11.6. The van der Waals surface area contributed by atoms with Gasteiger partial charge in [0.2, 0.25) is 5.56 Å². The van der Waals surface area contributed by atoms with Crippen LogP contribution in [-0.2, 0) is 16.5 Å². The number of aromatic nitrogens is 1. The summed E-state index contributed by atoms with van der Waals surface area (Å²) in [6.45, 7) is 1.04. The number of rotatable bonds is 11. The van der Waals surface area contributed by atoms with E-state index in [9.17, 15) is 23.4 Å². The topological polar surface area (TPSA) is 161 Å². The van der Waals surface area contributed by atoms with E-state index in [4.69, 9.17) is 32.5 Å². The second-order valence-electron chi connectivity index (χ2n) is 11.4. The molecule has 1 aromatic heterocycles. The summed E-state index contributed by atoms with van der Waals surface area (Å²) in [6, 6.07) is 34.5. The van der Waals surface area contributed by atoms with Crippen LogP contribution in [0.25, 0.3) is 22.0 Å². The molecule has 0 saturated heterocycles. The van der Waals surface area contributed by atoms with Gasteiger partial charge in [-0.25, -0.2) is 0 Å². The molecule has 6 aromatic rings. The number of methoxy groups -OCH3 is 1. The minimum absolute atomic E-state index is 0.0202. The molecular weight excluding hydrogens is 713 g/mol. The van der Waals surface area contributed by atoms with Gasteiger partial charge >= 0.3 is 0 Å². The summed E-state index contributed by atoms with van der Waals surface area (Å²) in [5.74, 6) is 0.807. The van der Waals surface area contributed by atoms with Crippen LogP contribution in [0.4, 0.5) is 11.4 Å². The molecule has 6 rings (SSSR count). The summed E-state index contributed by atoms with van der Waals surface area (Å²) in [5, 5.41) is 28.3. The van der Waals surface area contributed by atoms with E-state index in [-0.39, 0.29) is 26.2 Å². The molecule has 0 fully saturated rings. The van der Waals surface area contributed by atoms with Crippen molar-refractivity contribution in [2.24, 2.45) is 0 Å². The molecule has 1 heterocycles. The number of anilines is 2. The summed E-state index contributed by atoms with van der Waals surface area (Å²) < 4.78 is 35.4. The van der Waals surface area contributed by atoms with Gasteiger partial charge in [0.25, 0.3) is 10.1 Å². The van der Waals surface area contributed by atoms with Crippen molar-refractivity contribution in [1.29, 1.82) is 0 Å². The zero-order chi connectivity index (χ0) is 36.5. The number of aliphatic hydroxyl groups excluding tert-OH is 1.